The van der Waals surface area contributed by atoms with Crippen LogP contribution >= 0.6 is 0 Å². The highest BCUT2D eigenvalue weighted by molar-refractivity contribution is 5.80. The molecule has 0 aliphatic rings. The van der Waals surface area contributed by atoms with Crippen molar-refractivity contribution < 1.29 is 19.2 Å². The van der Waals surface area contributed by atoms with E-state index in [1.807, 2.05) is 6.92 Å². The van der Waals surface area contributed by atoms with Gasteiger partial charge in [-0.15, -0.1) is 0 Å². The van der Waals surface area contributed by atoms with Gasteiger partial charge in [0.15, 0.2) is 5.82 Å². The predicted octanol–water partition coefficient (Wildman–Crippen LogP) is 0.773. The zero-order valence-electron chi connectivity index (χ0n) is 11.2. The molecule has 106 valence electrons. The number of aromatic nitrogens is 2. The highest BCUT2D eigenvalue weighted by atomic mass is 16.5. The number of carboxylic acids is 1. The minimum atomic E-state index is -1.05. The largest absolute Gasteiger partial charge is 0.480 e. The maximum absolute atomic E-state index is 11.9. The lowest BCUT2D eigenvalue weighted by molar-refractivity contribution is -0.138. The molecule has 0 aromatic carbocycles. The van der Waals surface area contributed by atoms with E-state index in [9.17, 15) is 9.59 Å². The molecular formula is C11H18N4O4. The summed E-state index contributed by atoms with van der Waals surface area (Å²) in [6.45, 7) is 5.08. The summed E-state index contributed by atoms with van der Waals surface area (Å²) in [6.07, 6.45) is 0.669. The summed E-state index contributed by atoms with van der Waals surface area (Å²) in [5.41, 5.74) is 0. The van der Waals surface area contributed by atoms with Crippen molar-refractivity contribution in [1.29, 1.82) is 0 Å². The van der Waals surface area contributed by atoms with Crippen molar-refractivity contribution in [2.24, 2.45) is 0 Å². The van der Waals surface area contributed by atoms with E-state index in [4.69, 9.17) is 9.63 Å². The summed E-state index contributed by atoms with van der Waals surface area (Å²) in [6, 6.07) is -0.623. The first-order valence-electron chi connectivity index (χ1n) is 5.99. The Morgan fingerprint density at radius 2 is 2.21 bits per heavy atom. The van der Waals surface area contributed by atoms with Crippen LogP contribution in [-0.4, -0.2) is 44.7 Å². The Kier molecular flexibility index (Phi) is 5.28. The molecule has 0 fully saturated rings. The van der Waals surface area contributed by atoms with Crippen LogP contribution in [0.3, 0.4) is 0 Å². The van der Waals surface area contributed by atoms with Gasteiger partial charge < -0.3 is 19.8 Å². The number of hydrogen-bond donors (Lipinski definition) is 2. The Morgan fingerprint density at radius 3 is 2.68 bits per heavy atom. The summed E-state index contributed by atoms with van der Waals surface area (Å²) in [4.78, 5) is 27.9. The molecule has 1 atom stereocenters. The smallest absolute Gasteiger partial charge is 0.323 e. The molecule has 0 spiro atoms. The van der Waals surface area contributed by atoms with Crippen LogP contribution in [0.1, 0.15) is 32.0 Å². The van der Waals surface area contributed by atoms with Gasteiger partial charge in [-0.1, -0.05) is 12.1 Å². The van der Waals surface area contributed by atoms with Crippen LogP contribution in [0.2, 0.25) is 0 Å². The normalized spacial score (nSPS) is 11.9. The Morgan fingerprint density at radius 1 is 1.53 bits per heavy atom. The molecule has 1 heterocycles. The molecule has 0 saturated heterocycles. The first-order chi connectivity index (χ1) is 8.93. The Labute approximate surface area is 110 Å². The standard InChI is InChI=1S/C11H18N4O4/c1-4-7(2)15(6-10(16)17)11(18)12-5-9-13-8(3)19-14-9/h7H,4-6H2,1-3H3,(H,12,18)(H,16,17). The predicted molar refractivity (Wildman–Crippen MR) is 65.4 cm³/mol. The number of rotatable bonds is 6. The molecule has 0 aliphatic heterocycles. The van der Waals surface area contributed by atoms with Gasteiger partial charge in [-0.3, -0.25) is 4.79 Å². The zero-order valence-corrected chi connectivity index (χ0v) is 11.2. The molecule has 8 nitrogen and oxygen atoms in total. The van der Waals surface area contributed by atoms with E-state index in [2.05, 4.69) is 15.5 Å². The highest BCUT2D eigenvalue weighted by Crippen LogP contribution is 2.04. The van der Waals surface area contributed by atoms with Crippen molar-refractivity contribution in [3.8, 4) is 0 Å². The van der Waals surface area contributed by atoms with Gasteiger partial charge in [0, 0.05) is 13.0 Å². The van der Waals surface area contributed by atoms with E-state index in [0.717, 1.165) is 0 Å². The lowest BCUT2D eigenvalue weighted by atomic mass is 10.2. The van der Waals surface area contributed by atoms with Crippen molar-refractivity contribution in [2.45, 2.75) is 39.8 Å². The van der Waals surface area contributed by atoms with Crippen LogP contribution in [0.25, 0.3) is 0 Å². The number of carbonyl (C=O) groups excluding carboxylic acids is 1. The Hall–Kier alpha value is -2.12. The molecule has 0 radical (unpaired) electrons. The van der Waals surface area contributed by atoms with E-state index < -0.39 is 12.0 Å². The molecular weight excluding hydrogens is 252 g/mol. The average Bonchev–Trinajstić information content (AvgIpc) is 2.77. The fraction of sp³-hybridized carbons (Fsp3) is 0.636. The number of carboxylic acid groups (broad SMARTS) is 1. The first kappa shape index (κ1) is 14.9. The molecule has 8 heteroatoms. The maximum Gasteiger partial charge on any atom is 0.323 e. The van der Waals surface area contributed by atoms with E-state index in [0.29, 0.717) is 18.1 Å². The molecule has 19 heavy (non-hydrogen) atoms. The van der Waals surface area contributed by atoms with Crippen LogP contribution in [-0.2, 0) is 11.3 Å². The Balaban J connectivity index is 2.58. The van der Waals surface area contributed by atoms with Gasteiger partial charge in [-0.05, 0) is 13.3 Å². The summed E-state index contributed by atoms with van der Waals surface area (Å²) in [5, 5.41) is 15.0. The number of amides is 2. The second-order valence-corrected chi connectivity index (χ2v) is 4.17. The third kappa shape index (κ3) is 4.57. The molecule has 1 aromatic rings. The van der Waals surface area contributed by atoms with E-state index in [-0.39, 0.29) is 19.1 Å². The monoisotopic (exact) mass is 270 g/mol. The molecule has 0 bridgehead atoms. The number of nitrogens with zero attached hydrogens (tertiary/aromatic N) is 3. The van der Waals surface area contributed by atoms with E-state index >= 15 is 0 Å². The lowest BCUT2D eigenvalue weighted by Crippen LogP contribution is -2.47. The van der Waals surface area contributed by atoms with Gasteiger partial charge in [-0.2, -0.15) is 4.98 Å². The fourth-order valence-corrected chi connectivity index (χ4v) is 1.46. The second kappa shape index (κ2) is 6.72. The summed E-state index contributed by atoms with van der Waals surface area (Å²) in [7, 11) is 0. The minimum Gasteiger partial charge on any atom is -0.480 e. The molecule has 1 unspecified atom stereocenters. The van der Waals surface area contributed by atoms with Crippen LogP contribution in [0.15, 0.2) is 4.52 Å². The van der Waals surface area contributed by atoms with Gasteiger partial charge in [0.2, 0.25) is 5.89 Å². The summed E-state index contributed by atoms with van der Waals surface area (Å²) >= 11 is 0. The number of aryl methyl sites for hydroxylation is 1. The van der Waals surface area contributed by atoms with Gasteiger partial charge in [0.25, 0.3) is 0 Å². The summed E-state index contributed by atoms with van der Waals surface area (Å²) < 4.78 is 4.77. The van der Waals surface area contributed by atoms with E-state index in [1.165, 1.54) is 4.90 Å². The van der Waals surface area contributed by atoms with Gasteiger partial charge >= 0.3 is 12.0 Å². The van der Waals surface area contributed by atoms with Crippen molar-refractivity contribution >= 4 is 12.0 Å². The molecule has 1 aromatic heterocycles. The highest BCUT2D eigenvalue weighted by Gasteiger charge is 2.21. The quantitative estimate of drug-likeness (QED) is 0.790. The second-order valence-electron chi connectivity index (χ2n) is 4.17. The van der Waals surface area contributed by atoms with Crippen LogP contribution in [0.4, 0.5) is 4.79 Å². The van der Waals surface area contributed by atoms with Crippen LogP contribution in [0, 0.1) is 6.92 Å². The number of aliphatic carboxylic acids is 1. The minimum absolute atomic E-state index is 0.0999. The molecule has 0 aliphatic carbocycles. The molecule has 2 N–H and O–H groups in total. The maximum atomic E-state index is 11.9. The zero-order chi connectivity index (χ0) is 14.4. The third-order valence-corrected chi connectivity index (χ3v) is 2.66. The van der Waals surface area contributed by atoms with Crippen molar-refractivity contribution in [3.05, 3.63) is 11.7 Å². The first-order valence-corrected chi connectivity index (χ1v) is 5.99. The average molecular weight is 270 g/mol. The van der Waals surface area contributed by atoms with Crippen molar-refractivity contribution in [3.63, 3.8) is 0 Å². The molecule has 1 rings (SSSR count). The number of hydrogen-bond acceptors (Lipinski definition) is 5. The topological polar surface area (TPSA) is 109 Å². The van der Waals surface area contributed by atoms with Gasteiger partial charge in [0.05, 0.1) is 6.54 Å². The van der Waals surface area contributed by atoms with Crippen LogP contribution in [0.5, 0.6) is 0 Å². The lowest BCUT2D eigenvalue weighted by Gasteiger charge is -2.26. The molecule has 2 amide bonds. The van der Waals surface area contributed by atoms with Gasteiger partial charge in [-0.25, -0.2) is 4.79 Å². The van der Waals surface area contributed by atoms with Gasteiger partial charge in [0.1, 0.15) is 6.54 Å². The van der Waals surface area contributed by atoms with E-state index in [1.54, 1.807) is 13.8 Å². The van der Waals surface area contributed by atoms with Crippen molar-refractivity contribution in [2.75, 3.05) is 6.54 Å². The van der Waals surface area contributed by atoms with Crippen LogP contribution < -0.4 is 5.32 Å². The summed E-state index contributed by atoms with van der Waals surface area (Å²) in [5.74, 6) is -0.287. The fourth-order valence-electron chi connectivity index (χ4n) is 1.46. The number of nitrogens with one attached hydrogen (secondary N) is 1. The number of urea groups is 1. The Bertz CT molecular complexity index is 446. The number of carbonyl (C=O) groups is 2. The third-order valence-electron chi connectivity index (χ3n) is 2.66. The SMILES string of the molecule is CCC(C)N(CC(=O)O)C(=O)NCc1noc(C)n1. The van der Waals surface area contributed by atoms with Crippen molar-refractivity contribution in [1.82, 2.24) is 20.4 Å². The molecule has 0 saturated carbocycles.